The SMILES string of the molecule is COc1ccc(C(=O)NC(=S)Nc2ccc(N3CCN(C(C)=O)CC3)c(Cl)c2)c(OC)c1. The lowest BCUT2D eigenvalue weighted by Gasteiger charge is -2.36. The number of carbonyl (C=O) groups is 2. The minimum Gasteiger partial charge on any atom is -0.497 e. The van der Waals surface area contributed by atoms with Gasteiger partial charge in [0.1, 0.15) is 11.5 Å². The summed E-state index contributed by atoms with van der Waals surface area (Å²) in [5.41, 5.74) is 1.86. The number of piperazine rings is 1. The third kappa shape index (κ3) is 5.60. The second kappa shape index (κ2) is 10.5. The molecule has 1 aliphatic rings. The zero-order valence-corrected chi connectivity index (χ0v) is 19.7. The highest BCUT2D eigenvalue weighted by Gasteiger charge is 2.21. The third-order valence-corrected chi connectivity index (χ3v) is 5.66. The van der Waals surface area contributed by atoms with Gasteiger partial charge in [-0.25, -0.2) is 0 Å². The second-order valence-corrected chi connectivity index (χ2v) is 7.95. The molecule has 0 saturated carbocycles. The number of hydrogen-bond donors (Lipinski definition) is 2. The summed E-state index contributed by atoms with van der Waals surface area (Å²) in [6.07, 6.45) is 0. The molecule has 2 aromatic rings. The molecule has 8 nitrogen and oxygen atoms in total. The van der Waals surface area contributed by atoms with Crippen LogP contribution in [0.4, 0.5) is 11.4 Å². The van der Waals surface area contributed by atoms with Crippen LogP contribution in [0.1, 0.15) is 17.3 Å². The van der Waals surface area contributed by atoms with E-state index in [4.69, 9.17) is 33.3 Å². The number of benzene rings is 2. The first kappa shape index (κ1) is 23.6. The fourth-order valence-corrected chi connectivity index (χ4v) is 3.93. The highest BCUT2D eigenvalue weighted by Crippen LogP contribution is 2.30. The van der Waals surface area contributed by atoms with Gasteiger partial charge in [-0.2, -0.15) is 0 Å². The summed E-state index contributed by atoms with van der Waals surface area (Å²) < 4.78 is 10.4. The zero-order chi connectivity index (χ0) is 23.3. The van der Waals surface area contributed by atoms with Crippen molar-refractivity contribution in [1.29, 1.82) is 0 Å². The van der Waals surface area contributed by atoms with Gasteiger partial charge in [-0.1, -0.05) is 11.6 Å². The molecule has 2 N–H and O–H groups in total. The van der Waals surface area contributed by atoms with Crippen LogP contribution < -0.4 is 25.0 Å². The first-order valence-corrected chi connectivity index (χ1v) is 10.8. The Labute approximate surface area is 197 Å². The molecule has 170 valence electrons. The van der Waals surface area contributed by atoms with Crippen LogP contribution in [0, 0.1) is 0 Å². The molecule has 2 amide bonds. The molecule has 10 heteroatoms. The van der Waals surface area contributed by atoms with Gasteiger partial charge in [-0.15, -0.1) is 0 Å². The van der Waals surface area contributed by atoms with E-state index in [-0.39, 0.29) is 11.0 Å². The Balaban J connectivity index is 1.62. The Morgan fingerprint density at radius 2 is 1.75 bits per heavy atom. The molecule has 3 rings (SSSR count). The van der Waals surface area contributed by atoms with Gasteiger partial charge >= 0.3 is 0 Å². The van der Waals surface area contributed by atoms with Gasteiger partial charge < -0.3 is 24.6 Å². The Morgan fingerprint density at radius 1 is 1.03 bits per heavy atom. The number of nitrogens with one attached hydrogen (secondary N) is 2. The maximum Gasteiger partial charge on any atom is 0.261 e. The van der Waals surface area contributed by atoms with E-state index in [0.29, 0.717) is 54.0 Å². The number of ether oxygens (including phenoxy) is 2. The van der Waals surface area contributed by atoms with Gasteiger partial charge in [0.25, 0.3) is 5.91 Å². The lowest BCUT2D eigenvalue weighted by Crippen LogP contribution is -2.48. The molecule has 0 bridgehead atoms. The molecule has 32 heavy (non-hydrogen) atoms. The number of methoxy groups -OCH3 is 2. The van der Waals surface area contributed by atoms with E-state index in [1.807, 2.05) is 17.0 Å². The van der Waals surface area contributed by atoms with Gasteiger partial charge in [0.05, 0.1) is 30.5 Å². The Morgan fingerprint density at radius 3 is 2.34 bits per heavy atom. The van der Waals surface area contributed by atoms with Crippen molar-refractivity contribution in [2.45, 2.75) is 6.92 Å². The number of rotatable bonds is 5. The van der Waals surface area contributed by atoms with Crippen LogP contribution in [-0.2, 0) is 4.79 Å². The molecule has 0 radical (unpaired) electrons. The average Bonchev–Trinajstić information content (AvgIpc) is 2.78. The van der Waals surface area contributed by atoms with Gasteiger partial charge in [0.2, 0.25) is 5.91 Å². The summed E-state index contributed by atoms with van der Waals surface area (Å²) in [4.78, 5) is 28.1. The summed E-state index contributed by atoms with van der Waals surface area (Å²) in [6.45, 7) is 4.33. The van der Waals surface area contributed by atoms with Crippen LogP contribution in [0.5, 0.6) is 11.5 Å². The van der Waals surface area contributed by atoms with Crippen LogP contribution in [-0.4, -0.2) is 62.2 Å². The third-order valence-electron chi connectivity index (χ3n) is 5.15. The summed E-state index contributed by atoms with van der Waals surface area (Å²) in [6, 6.07) is 10.4. The van der Waals surface area contributed by atoms with Crippen molar-refractivity contribution >= 4 is 52.1 Å². The summed E-state index contributed by atoms with van der Waals surface area (Å²) in [7, 11) is 3.02. The van der Waals surface area contributed by atoms with Crippen LogP contribution in [0.2, 0.25) is 5.02 Å². The topological polar surface area (TPSA) is 83.1 Å². The normalized spacial score (nSPS) is 13.4. The largest absolute Gasteiger partial charge is 0.497 e. The molecular weight excluding hydrogens is 452 g/mol. The molecule has 0 atom stereocenters. The van der Waals surface area contributed by atoms with E-state index >= 15 is 0 Å². The van der Waals surface area contributed by atoms with E-state index in [0.717, 1.165) is 5.69 Å². The average molecular weight is 477 g/mol. The van der Waals surface area contributed by atoms with E-state index < -0.39 is 5.91 Å². The van der Waals surface area contributed by atoms with Crippen molar-refractivity contribution < 1.29 is 19.1 Å². The van der Waals surface area contributed by atoms with Crippen molar-refractivity contribution in [3.8, 4) is 11.5 Å². The molecule has 0 unspecified atom stereocenters. The molecule has 1 heterocycles. The molecule has 0 aromatic heterocycles. The fourth-order valence-electron chi connectivity index (χ4n) is 3.42. The molecule has 2 aromatic carbocycles. The summed E-state index contributed by atoms with van der Waals surface area (Å²) >= 11 is 11.8. The fraction of sp³-hybridized carbons (Fsp3) is 0.318. The molecular formula is C22H25ClN4O4S. The number of amides is 2. The predicted molar refractivity (Wildman–Crippen MR) is 129 cm³/mol. The maximum absolute atomic E-state index is 12.6. The standard InChI is InChI=1S/C22H25ClN4O4S/c1-14(28)26-8-10-27(11-9-26)19-7-4-15(12-18(19)23)24-22(32)25-21(29)17-6-5-16(30-2)13-20(17)31-3/h4-7,12-13H,8-11H2,1-3H3,(H2,24,25,29,32). The zero-order valence-electron chi connectivity index (χ0n) is 18.1. The van der Waals surface area contributed by atoms with Crippen LogP contribution in [0.3, 0.4) is 0 Å². The van der Waals surface area contributed by atoms with Crippen molar-refractivity contribution in [1.82, 2.24) is 10.2 Å². The Hall–Kier alpha value is -3.04. The summed E-state index contributed by atoms with van der Waals surface area (Å²) in [5, 5.41) is 6.30. The molecule has 1 aliphatic heterocycles. The lowest BCUT2D eigenvalue weighted by molar-refractivity contribution is -0.129. The van der Waals surface area contributed by atoms with Gasteiger partial charge in [-0.05, 0) is 42.5 Å². The lowest BCUT2D eigenvalue weighted by atomic mass is 10.2. The number of halogens is 1. The predicted octanol–water partition coefficient (Wildman–Crippen LogP) is 3.15. The van der Waals surface area contributed by atoms with E-state index in [1.165, 1.54) is 14.2 Å². The van der Waals surface area contributed by atoms with Crippen LogP contribution in [0.25, 0.3) is 0 Å². The van der Waals surface area contributed by atoms with E-state index in [9.17, 15) is 9.59 Å². The van der Waals surface area contributed by atoms with Crippen molar-refractivity contribution in [3.05, 3.63) is 47.0 Å². The number of hydrogen-bond acceptors (Lipinski definition) is 6. The van der Waals surface area contributed by atoms with Crippen LogP contribution >= 0.6 is 23.8 Å². The smallest absolute Gasteiger partial charge is 0.261 e. The quantitative estimate of drug-likeness (QED) is 0.641. The number of thiocarbonyl (C=S) groups is 1. The molecule has 1 saturated heterocycles. The first-order chi connectivity index (χ1) is 15.3. The van der Waals surface area contributed by atoms with E-state index in [2.05, 4.69) is 15.5 Å². The number of carbonyl (C=O) groups excluding carboxylic acids is 2. The summed E-state index contributed by atoms with van der Waals surface area (Å²) in [5.74, 6) is 0.629. The first-order valence-electron chi connectivity index (χ1n) is 9.96. The highest BCUT2D eigenvalue weighted by atomic mass is 35.5. The number of anilines is 2. The minimum absolute atomic E-state index is 0.0816. The van der Waals surface area contributed by atoms with Crippen molar-refractivity contribution in [3.63, 3.8) is 0 Å². The van der Waals surface area contributed by atoms with Crippen molar-refractivity contribution in [2.24, 2.45) is 0 Å². The molecule has 1 fully saturated rings. The van der Waals surface area contributed by atoms with E-state index in [1.54, 1.807) is 31.2 Å². The van der Waals surface area contributed by atoms with Gasteiger partial charge in [0.15, 0.2) is 5.11 Å². The highest BCUT2D eigenvalue weighted by molar-refractivity contribution is 7.80. The van der Waals surface area contributed by atoms with Gasteiger partial charge in [-0.3, -0.25) is 14.9 Å². The van der Waals surface area contributed by atoms with Crippen LogP contribution in [0.15, 0.2) is 36.4 Å². The number of nitrogens with zero attached hydrogens (tertiary/aromatic N) is 2. The Bertz CT molecular complexity index is 1020. The molecule has 0 aliphatic carbocycles. The van der Waals surface area contributed by atoms with Crippen molar-refractivity contribution in [2.75, 3.05) is 50.6 Å². The Kier molecular flexibility index (Phi) is 7.76. The monoisotopic (exact) mass is 476 g/mol. The second-order valence-electron chi connectivity index (χ2n) is 7.13. The minimum atomic E-state index is -0.409. The molecule has 0 spiro atoms. The maximum atomic E-state index is 12.6. The van der Waals surface area contributed by atoms with Gasteiger partial charge in [0, 0.05) is 44.9 Å².